The number of amides is 1. The van der Waals surface area contributed by atoms with Gasteiger partial charge in [0.05, 0.1) is 30.6 Å². The van der Waals surface area contributed by atoms with Gasteiger partial charge in [-0.2, -0.15) is 18.6 Å². The van der Waals surface area contributed by atoms with Crippen molar-refractivity contribution in [2.45, 2.75) is 19.1 Å². The molecule has 3 aromatic rings. The number of hydrogen-bond acceptors (Lipinski definition) is 6. The Morgan fingerprint density at radius 3 is 2.63 bits per heavy atom. The summed E-state index contributed by atoms with van der Waals surface area (Å²) in [6.45, 7) is -2.46. The van der Waals surface area contributed by atoms with Crippen molar-refractivity contribution in [1.82, 2.24) is 15.1 Å². The molecule has 1 amide bonds. The van der Waals surface area contributed by atoms with Gasteiger partial charge in [-0.3, -0.25) is 9.59 Å². The van der Waals surface area contributed by atoms with Crippen molar-refractivity contribution in [1.29, 1.82) is 0 Å². The third-order valence-electron chi connectivity index (χ3n) is 5.63. The number of nitrogens with zero attached hydrogens (tertiary/aromatic N) is 2. The molecule has 1 saturated heterocycles. The van der Waals surface area contributed by atoms with Gasteiger partial charge in [0.25, 0.3) is 11.5 Å². The lowest BCUT2D eigenvalue weighted by molar-refractivity contribution is -0.0498. The van der Waals surface area contributed by atoms with E-state index in [2.05, 4.69) is 15.2 Å². The third kappa shape index (κ3) is 5.69. The number of alkyl halides is 2. The number of aromatic nitrogens is 2. The molecule has 4 rings (SSSR count). The Morgan fingerprint density at radius 1 is 1.23 bits per heavy atom. The molecule has 2 heterocycles. The largest absolute Gasteiger partial charge is 0.435 e. The van der Waals surface area contributed by atoms with Crippen LogP contribution in [0.25, 0.3) is 16.9 Å². The summed E-state index contributed by atoms with van der Waals surface area (Å²) < 4.78 is 49.4. The van der Waals surface area contributed by atoms with Gasteiger partial charge in [-0.25, -0.2) is 4.39 Å². The number of benzene rings is 2. The van der Waals surface area contributed by atoms with Crippen LogP contribution in [-0.2, 0) is 4.74 Å². The van der Waals surface area contributed by atoms with Crippen LogP contribution < -0.4 is 15.6 Å². The van der Waals surface area contributed by atoms with Gasteiger partial charge in [-0.05, 0) is 55.0 Å². The van der Waals surface area contributed by atoms with E-state index in [0.717, 1.165) is 10.7 Å². The van der Waals surface area contributed by atoms with Gasteiger partial charge < -0.3 is 19.9 Å². The molecule has 0 aliphatic carbocycles. The molecule has 1 fully saturated rings. The fourth-order valence-electron chi connectivity index (χ4n) is 3.82. The van der Waals surface area contributed by atoms with Gasteiger partial charge in [0.15, 0.2) is 0 Å². The summed E-state index contributed by atoms with van der Waals surface area (Å²) in [5.74, 6) is -1.54. The fraction of sp³-hybridized carbons (Fsp3) is 0.292. The highest BCUT2D eigenvalue weighted by Crippen LogP contribution is 2.23. The number of nitrogens with one attached hydrogen (secondary N) is 1. The summed E-state index contributed by atoms with van der Waals surface area (Å²) in [5.41, 5.74) is -0.439. The van der Waals surface area contributed by atoms with Crippen LogP contribution in [-0.4, -0.2) is 53.3 Å². The van der Waals surface area contributed by atoms with Crippen LogP contribution >= 0.6 is 0 Å². The standard InChI is InChI=1S/C24H22F3N3O5/c25-16-2-1-3-17(10-16)30-23(33)19(22(32)28-21(12-31)15-8-9-34-13-15)11-20(29-30)14-4-6-18(7-5-14)35-24(26)27/h1-7,10-11,15,21,24,31H,8-9,12-13H2,(H,28,32)/t15-,21-/m0/s1. The number of halogens is 3. The molecular weight excluding hydrogens is 467 g/mol. The van der Waals surface area contributed by atoms with Gasteiger partial charge in [0.1, 0.15) is 17.1 Å². The zero-order chi connectivity index (χ0) is 24.9. The van der Waals surface area contributed by atoms with Gasteiger partial charge >= 0.3 is 6.61 Å². The van der Waals surface area contributed by atoms with Gasteiger partial charge in [-0.15, -0.1) is 0 Å². The van der Waals surface area contributed by atoms with E-state index < -0.39 is 29.9 Å². The molecule has 0 bridgehead atoms. The van der Waals surface area contributed by atoms with Crippen molar-refractivity contribution < 1.29 is 32.5 Å². The van der Waals surface area contributed by atoms with Gasteiger partial charge in [0, 0.05) is 18.1 Å². The van der Waals surface area contributed by atoms with Gasteiger partial charge in [0.2, 0.25) is 0 Å². The molecule has 0 unspecified atom stereocenters. The van der Waals surface area contributed by atoms with Crippen LogP contribution in [0, 0.1) is 11.7 Å². The Labute approximate surface area is 197 Å². The number of rotatable bonds is 8. The number of carbonyl (C=O) groups excluding carboxylic acids is 1. The highest BCUT2D eigenvalue weighted by molar-refractivity contribution is 5.95. The summed E-state index contributed by atoms with van der Waals surface area (Å²) in [5, 5.41) is 16.7. The molecule has 0 spiro atoms. The number of ether oxygens (including phenoxy) is 2. The lowest BCUT2D eigenvalue weighted by Crippen LogP contribution is -2.45. The Balaban J connectivity index is 1.75. The van der Waals surface area contributed by atoms with Crippen LogP contribution in [0.15, 0.2) is 59.4 Å². The van der Waals surface area contributed by atoms with Crippen LogP contribution in [0.1, 0.15) is 16.8 Å². The topological polar surface area (TPSA) is 103 Å². The van der Waals surface area contributed by atoms with E-state index in [-0.39, 0.29) is 35.2 Å². The van der Waals surface area contributed by atoms with Crippen LogP contribution in [0.5, 0.6) is 5.75 Å². The van der Waals surface area contributed by atoms with Crippen molar-refractivity contribution in [3.05, 3.63) is 76.3 Å². The van der Waals surface area contributed by atoms with Crippen molar-refractivity contribution >= 4 is 5.91 Å². The lowest BCUT2D eigenvalue weighted by Gasteiger charge is -2.21. The Hall–Kier alpha value is -3.70. The zero-order valence-electron chi connectivity index (χ0n) is 18.4. The summed E-state index contributed by atoms with van der Waals surface area (Å²) in [6, 6.07) is 11.2. The number of aliphatic hydroxyl groups excluding tert-OH is 1. The Bertz CT molecular complexity index is 1240. The fourth-order valence-corrected chi connectivity index (χ4v) is 3.82. The number of hydrogen-bond donors (Lipinski definition) is 2. The first-order valence-corrected chi connectivity index (χ1v) is 10.8. The zero-order valence-corrected chi connectivity index (χ0v) is 18.4. The molecule has 11 heteroatoms. The first-order valence-electron chi connectivity index (χ1n) is 10.8. The molecule has 8 nitrogen and oxygen atoms in total. The van der Waals surface area contributed by atoms with E-state index in [1.54, 1.807) is 0 Å². The second-order valence-corrected chi connectivity index (χ2v) is 7.93. The van der Waals surface area contributed by atoms with Crippen molar-refractivity contribution in [2.75, 3.05) is 19.8 Å². The first kappa shape index (κ1) is 24.4. The molecule has 184 valence electrons. The van der Waals surface area contributed by atoms with Crippen LogP contribution in [0.4, 0.5) is 13.2 Å². The van der Waals surface area contributed by atoms with E-state index in [0.29, 0.717) is 25.2 Å². The highest BCUT2D eigenvalue weighted by atomic mass is 19.3. The van der Waals surface area contributed by atoms with E-state index in [4.69, 9.17) is 4.74 Å². The number of aliphatic hydroxyl groups is 1. The summed E-state index contributed by atoms with van der Waals surface area (Å²) in [7, 11) is 0. The monoisotopic (exact) mass is 489 g/mol. The molecule has 2 atom stereocenters. The molecular formula is C24H22F3N3O5. The van der Waals surface area contributed by atoms with Crippen molar-refractivity contribution in [3.63, 3.8) is 0 Å². The molecule has 2 aromatic carbocycles. The average molecular weight is 489 g/mol. The highest BCUT2D eigenvalue weighted by Gasteiger charge is 2.28. The third-order valence-corrected chi connectivity index (χ3v) is 5.63. The molecule has 0 saturated carbocycles. The predicted molar refractivity (Wildman–Crippen MR) is 119 cm³/mol. The normalized spacial score (nSPS) is 16.3. The van der Waals surface area contributed by atoms with Crippen LogP contribution in [0.2, 0.25) is 0 Å². The predicted octanol–water partition coefficient (Wildman–Crippen LogP) is 2.77. The SMILES string of the molecule is O=C(N[C@@H](CO)[C@H]1CCOC1)c1cc(-c2ccc(OC(F)F)cc2)nn(-c2cccc(F)c2)c1=O. The maximum absolute atomic E-state index is 13.9. The Morgan fingerprint density at radius 2 is 2.00 bits per heavy atom. The summed E-state index contributed by atoms with van der Waals surface area (Å²) >= 11 is 0. The maximum Gasteiger partial charge on any atom is 0.387 e. The van der Waals surface area contributed by atoms with E-state index in [9.17, 15) is 27.9 Å². The summed E-state index contributed by atoms with van der Waals surface area (Å²) in [4.78, 5) is 26.3. The lowest BCUT2D eigenvalue weighted by atomic mass is 9.99. The van der Waals surface area contributed by atoms with Crippen LogP contribution in [0.3, 0.4) is 0 Å². The van der Waals surface area contributed by atoms with Gasteiger partial charge in [-0.1, -0.05) is 6.07 Å². The maximum atomic E-state index is 13.9. The summed E-state index contributed by atoms with van der Waals surface area (Å²) in [6.07, 6.45) is 0.646. The molecule has 0 radical (unpaired) electrons. The van der Waals surface area contributed by atoms with Crippen molar-refractivity contribution in [2.24, 2.45) is 5.92 Å². The molecule has 1 aliphatic rings. The van der Waals surface area contributed by atoms with Crippen molar-refractivity contribution in [3.8, 4) is 22.7 Å². The minimum Gasteiger partial charge on any atom is -0.435 e. The van der Waals surface area contributed by atoms with E-state index in [1.165, 1.54) is 48.5 Å². The number of carbonyl (C=O) groups is 1. The van der Waals surface area contributed by atoms with E-state index in [1.807, 2.05) is 0 Å². The molecule has 2 N–H and O–H groups in total. The van der Waals surface area contributed by atoms with E-state index >= 15 is 0 Å². The molecule has 1 aliphatic heterocycles. The second-order valence-electron chi connectivity index (χ2n) is 7.93. The average Bonchev–Trinajstić information content (AvgIpc) is 3.37. The Kier molecular flexibility index (Phi) is 7.47. The first-order chi connectivity index (χ1) is 16.9. The molecule has 1 aromatic heterocycles. The quantitative estimate of drug-likeness (QED) is 0.505. The minimum atomic E-state index is -2.99. The smallest absolute Gasteiger partial charge is 0.387 e. The molecule has 35 heavy (non-hydrogen) atoms. The minimum absolute atomic E-state index is 0.0789. The second kappa shape index (κ2) is 10.7.